The van der Waals surface area contributed by atoms with Crippen molar-refractivity contribution in [3.63, 3.8) is 0 Å². The normalized spacial score (nSPS) is 13.7. The first-order valence-electron chi connectivity index (χ1n) is 4.69. The maximum absolute atomic E-state index is 10.8. The summed E-state index contributed by atoms with van der Waals surface area (Å²) in [4.78, 5) is 1.10. The van der Waals surface area contributed by atoms with E-state index in [1.165, 1.54) is 0 Å². The van der Waals surface area contributed by atoms with Crippen molar-refractivity contribution in [3.05, 3.63) is 29.8 Å². The molecule has 1 aromatic carbocycles. The lowest BCUT2D eigenvalue weighted by Crippen LogP contribution is -2.27. The smallest absolute Gasteiger partial charge is 0.208 e. The predicted molar refractivity (Wildman–Crippen MR) is 66.0 cm³/mol. The van der Waals surface area contributed by atoms with Gasteiger partial charge >= 0.3 is 0 Å². The highest BCUT2D eigenvalue weighted by Gasteiger charge is 2.09. The van der Waals surface area contributed by atoms with Gasteiger partial charge in [-0.2, -0.15) is 0 Å². The second kappa shape index (κ2) is 5.67. The van der Waals surface area contributed by atoms with Crippen molar-refractivity contribution in [3.8, 4) is 0 Å². The van der Waals surface area contributed by atoms with Crippen LogP contribution in [0.15, 0.2) is 29.2 Å². The van der Waals surface area contributed by atoms with Crippen LogP contribution in [0.4, 0.5) is 0 Å². The molecular formula is C10H15NO3S2. The van der Waals surface area contributed by atoms with E-state index >= 15 is 0 Å². The van der Waals surface area contributed by atoms with Crippen LogP contribution in [-0.2, 0) is 10.0 Å². The van der Waals surface area contributed by atoms with Gasteiger partial charge in [0.15, 0.2) is 0 Å². The van der Waals surface area contributed by atoms with Gasteiger partial charge in [-0.1, -0.05) is 12.1 Å². The van der Waals surface area contributed by atoms with E-state index < -0.39 is 16.1 Å². The molecule has 0 bridgehead atoms. The third-order valence-corrected chi connectivity index (χ3v) is 3.47. The van der Waals surface area contributed by atoms with Gasteiger partial charge in [0.1, 0.15) is 0 Å². The summed E-state index contributed by atoms with van der Waals surface area (Å²) in [6, 6.07) is 7.37. The number of hydrogen-bond donors (Lipinski definition) is 2. The molecule has 0 aromatic heterocycles. The van der Waals surface area contributed by atoms with Gasteiger partial charge in [-0.25, -0.2) is 13.1 Å². The molecule has 90 valence electrons. The van der Waals surface area contributed by atoms with E-state index in [4.69, 9.17) is 0 Å². The number of sulfonamides is 1. The summed E-state index contributed by atoms with van der Waals surface area (Å²) in [5.41, 5.74) is 0.703. The SMILES string of the molecule is CSc1ccc([C@@H](O)CNS(C)(=O)=O)cc1. The highest BCUT2D eigenvalue weighted by molar-refractivity contribution is 7.98. The monoisotopic (exact) mass is 261 g/mol. The van der Waals surface area contributed by atoms with Crippen molar-refractivity contribution < 1.29 is 13.5 Å². The first-order valence-corrected chi connectivity index (χ1v) is 7.80. The summed E-state index contributed by atoms with van der Waals surface area (Å²) in [6.45, 7) is -0.00253. The number of nitrogens with one attached hydrogen (secondary N) is 1. The fourth-order valence-corrected chi connectivity index (χ4v) is 2.04. The molecule has 1 aromatic rings. The Hall–Kier alpha value is -0.560. The standard InChI is InChI=1S/C10H15NO3S2/c1-15-9-5-3-8(4-6-9)10(12)7-11-16(2,13)14/h3-6,10-12H,7H2,1-2H3/t10-/m0/s1. The fraction of sp³-hybridized carbons (Fsp3) is 0.400. The molecule has 0 aliphatic heterocycles. The zero-order chi connectivity index (χ0) is 12.2. The van der Waals surface area contributed by atoms with Crippen LogP contribution < -0.4 is 4.72 Å². The van der Waals surface area contributed by atoms with E-state index in [1.807, 2.05) is 18.4 Å². The zero-order valence-corrected chi connectivity index (χ0v) is 10.8. The first kappa shape index (κ1) is 13.5. The molecule has 0 saturated carbocycles. The van der Waals surface area contributed by atoms with E-state index in [1.54, 1.807) is 23.9 Å². The molecule has 2 N–H and O–H groups in total. The lowest BCUT2D eigenvalue weighted by molar-refractivity contribution is 0.182. The molecule has 0 heterocycles. The predicted octanol–water partition coefficient (Wildman–Crippen LogP) is 0.991. The third kappa shape index (κ3) is 4.52. The quantitative estimate of drug-likeness (QED) is 0.776. The number of benzene rings is 1. The topological polar surface area (TPSA) is 66.4 Å². The van der Waals surface area contributed by atoms with E-state index in [0.29, 0.717) is 5.56 Å². The minimum Gasteiger partial charge on any atom is -0.387 e. The maximum Gasteiger partial charge on any atom is 0.208 e. The average molecular weight is 261 g/mol. The Morgan fingerprint density at radius 1 is 1.38 bits per heavy atom. The van der Waals surface area contributed by atoms with Crippen molar-refractivity contribution in [1.82, 2.24) is 4.72 Å². The van der Waals surface area contributed by atoms with Crippen LogP contribution >= 0.6 is 11.8 Å². The van der Waals surface area contributed by atoms with Crippen molar-refractivity contribution in [2.45, 2.75) is 11.0 Å². The molecule has 1 rings (SSSR count). The Labute approximate surface area is 100 Å². The molecule has 0 saturated heterocycles. The van der Waals surface area contributed by atoms with Crippen molar-refractivity contribution >= 4 is 21.8 Å². The molecule has 0 radical (unpaired) electrons. The first-order chi connectivity index (χ1) is 7.42. The van der Waals surface area contributed by atoms with Gasteiger partial charge in [-0.05, 0) is 24.0 Å². The number of aliphatic hydroxyl groups is 1. The molecule has 0 aliphatic carbocycles. The van der Waals surface area contributed by atoms with Gasteiger partial charge in [0.05, 0.1) is 12.4 Å². The van der Waals surface area contributed by atoms with Gasteiger partial charge in [-0.3, -0.25) is 0 Å². The Kier molecular flexibility index (Phi) is 4.79. The molecule has 0 fully saturated rings. The summed E-state index contributed by atoms with van der Waals surface area (Å²) in [6.07, 6.45) is 2.22. The molecule has 16 heavy (non-hydrogen) atoms. The van der Waals surface area contributed by atoms with E-state index in [2.05, 4.69) is 4.72 Å². The van der Waals surface area contributed by atoms with Crippen LogP contribution in [0.5, 0.6) is 0 Å². The molecular weight excluding hydrogens is 246 g/mol. The van der Waals surface area contributed by atoms with Crippen molar-refractivity contribution in [2.24, 2.45) is 0 Å². The molecule has 0 aliphatic rings. The van der Waals surface area contributed by atoms with Crippen LogP contribution in [0.1, 0.15) is 11.7 Å². The minimum absolute atomic E-state index is 0.00253. The van der Waals surface area contributed by atoms with Crippen LogP contribution in [0, 0.1) is 0 Å². The molecule has 6 heteroatoms. The van der Waals surface area contributed by atoms with Crippen molar-refractivity contribution in [1.29, 1.82) is 0 Å². The van der Waals surface area contributed by atoms with Gasteiger partial charge < -0.3 is 5.11 Å². The molecule has 0 unspecified atom stereocenters. The molecule has 4 nitrogen and oxygen atoms in total. The number of thioether (sulfide) groups is 1. The number of aliphatic hydroxyl groups excluding tert-OH is 1. The molecule has 0 amide bonds. The minimum atomic E-state index is -3.25. The van der Waals surface area contributed by atoms with Gasteiger partial charge in [0.2, 0.25) is 10.0 Å². The summed E-state index contributed by atoms with van der Waals surface area (Å²) >= 11 is 1.61. The fourth-order valence-electron chi connectivity index (χ4n) is 1.17. The summed E-state index contributed by atoms with van der Waals surface area (Å²) in [5, 5.41) is 9.71. The molecule has 0 spiro atoms. The van der Waals surface area contributed by atoms with Crippen LogP contribution in [-0.4, -0.2) is 32.6 Å². The second-order valence-electron chi connectivity index (χ2n) is 3.41. The Balaban J connectivity index is 2.62. The lowest BCUT2D eigenvalue weighted by atomic mass is 10.1. The Morgan fingerprint density at radius 3 is 2.38 bits per heavy atom. The third-order valence-electron chi connectivity index (χ3n) is 2.04. The van der Waals surface area contributed by atoms with Crippen LogP contribution in [0.3, 0.4) is 0 Å². The van der Waals surface area contributed by atoms with E-state index in [0.717, 1.165) is 11.2 Å². The Morgan fingerprint density at radius 2 is 1.94 bits per heavy atom. The van der Waals surface area contributed by atoms with Crippen LogP contribution in [0.25, 0.3) is 0 Å². The van der Waals surface area contributed by atoms with E-state index in [9.17, 15) is 13.5 Å². The van der Waals surface area contributed by atoms with Gasteiger partial charge in [0, 0.05) is 11.4 Å². The average Bonchev–Trinajstić information content (AvgIpc) is 2.25. The second-order valence-corrected chi connectivity index (χ2v) is 6.12. The van der Waals surface area contributed by atoms with Gasteiger partial charge in [-0.15, -0.1) is 11.8 Å². The van der Waals surface area contributed by atoms with Gasteiger partial charge in [0.25, 0.3) is 0 Å². The maximum atomic E-state index is 10.8. The Bertz CT molecular complexity index is 428. The summed E-state index contributed by atoms with van der Waals surface area (Å²) in [7, 11) is -3.25. The van der Waals surface area contributed by atoms with Crippen LogP contribution in [0.2, 0.25) is 0 Å². The largest absolute Gasteiger partial charge is 0.387 e. The highest BCUT2D eigenvalue weighted by atomic mass is 32.2. The summed E-state index contributed by atoms with van der Waals surface area (Å²) in [5.74, 6) is 0. The molecule has 1 atom stereocenters. The van der Waals surface area contributed by atoms with Crippen molar-refractivity contribution in [2.75, 3.05) is 19.1 Å². The summed E-state index contributed by atoms with van der Waals surface area (Å²) < 4.78 is 23.9. The van der Waals surface area contributed by atoms with E-state index in [-0.39, 0.29) is 6.54 Å². The number of hydrogen-bond acceptors (Lipinski definition) is 4. The number of rotatable bonds is 5. The lowest BCUT2D eigenvalue weighted by Gasteiger charge is -2.11. The zero-order valence-electron chi connectivity index (χ0n) is 9.17. The highest BCUT2D eigenvalue weighted by Crippen LogP contribution is 2.18.